The lowest BCUT2D eigenvalue weighted by Gasteiger charge is -2.27. The highest BCUT2D eigenvalue weighted by molar-refractivity contribution is 7.21. The average molecular weight is 389 g/mol. The lowest BCUT2D eigenvalue weighted by Crippen LogP contribution is -2.40. The predicted octanol–water partition coefficient (Wildman–Crippen LogP) is 4.08. The second-order valence-electron chi connectivity index (χ2n) is 6.52. The van der Waals surface area contributed by atoms with Gasteiger partial charge in [-0.25, -0.2) is 15.0 Å². The van der Waals surface area contributed by atoms with E-state index in [2.05, 4.69) is 45.8 Å². The number of nitrogens with one attached hydrogen (secondary N) is 1. The second-order valence-corrected chi connectivity index (χ2v) is 7.55. The summed E-state index contributed by atoms with van der Waals surface area (Å²) < 4.78 is 5.46. The molecule has 0 bridgehead atoms. The largest absolute Gasteiger partial charge is 0.379 e. The minimum absolute atomic E-state index is 0.630. The third kappa shape index (κ3) is 3.47. The number of thiophene rings is 1. The van der Waals surface area contributed by atoms with Crippen LogP contribution < -0.4 is 5.43 Å². The molecule has 1 aliphatic heterocycles. The van der Waals surface area contributed by atoms with Crippen molar-refractivity contribution in [2.75, 3.05) is 31.7 Å². The van der Waals surface area contributed by atoms with Gasteiger partial charge in [-0.2, -0.15) is 0 Å². The first-order chi connectivity index (χ1) is 13.9. The van der Waals surface area contributed by atoms with Gasteiger partial charge < -0.3 is 10.2 Å². The fourth-order valence-electron chi connectivity index (χ4n) is 3.19. The molecule has 1 N–H and O–H groups in total. The zero-order valence-electron chi connectivity index (χ0n) is 15.2. The molecule has 28 heavy (non-hydrogen) atoms. The maximum atomic E-state index is 5.46. The fourth-order valence-corrected chi connectivity index (χ4v) is 4.22. The van der Waals surface area contributed by atoms with Crippen LogP contribution >= 0.6 is 11.3 Å². The molecule has 0 radical (unpaired) electrons. The zero-order chi connectivity index (χ0) is 18.8. The number of rotatable bonds is 4. The van der Waals surface area contributed by atoms with Crippen LogP contribution in [0.15, 0.2) is 60.8 Å². The number of hydrazine groups is 1. The van der Waals surface area contributed by atoms with Crippen LogP contribution in [0.1, 0.15) is 0 Å². The summed E-state index contributed by atoms with van der Waals surface area (Å²) in [6.07, 6.45) is 1.77. The SMILES string of the molecule is c1ccc(-c2cc3c(NN4CCOCC4)nc(-c4ccccn4)nc3s2)cc1. The van der Waals surface area contributed by atoms with Crippen molar-refractivity contribution in [3.63, 3.8) is 0 Å². The molecule has 0 spiro atoms. The summed E-state index contributed by atoms with van der Waals surface area (Å²) in [4.78, 5) is 16.2. The van der Waals surface area contributed by atoms with Crippen molar-refractivity contribution in [1.82, 2.24) is 20.0 Å². The first kappa shape index (κ1) is 17.2. The maximum Gasteiger partial charge on any atom is 0.181 e. The Morgan fingerprint density at radius 1 is 0.964 bits per heavy atom. The molecular formula is C21H19N5OS. The maximum absolute atomic E-state index is 5.46. The Morgan fingerprint density at radius 3 is 2.57 bits per heavy atom. The van der Waals surface area contributed by atoms with E-state index in [-0.39, 0.29) is 0 Å². The molecule has 4 aromatic rings. The van der Waals surface area contributed by atoms with Crippen molar-refractivity contribution < 1.29 is 4.74 Å². The standard InChI is InChI=1S/C21H19N5OS/c1-2-6-15(7-3-1)18-14-16-19(25-26-10-12-27-13-11-26)23-20(24-21(16)28-18)17-8-4-5-9-22-17/h1-9,14H,10-13H2,(H,23,24,25). The van der Waals surface area contributed by atoms with Crippen molar-refractivity contribution in [2.24, 2.45) is 0 Å². The molecular weight excluding hydrogens is 370 g/mol. The normalized spacial score (nSPS) is 15.0. The minimum Gasteiger partial charge on any atom is -0.379 e. The molecule has 0 aliphatic carbocycles. The van der Waals surface area contributed by atoms with Gasteiger partial charge >= 0.3 is 0 Å². The van der Waals surface area contributed by atoms with Crippen LogP contribution in [0, 0.1) is 0 Å². The third-order valence-corrected chi connectivity index (χ3v) is 5.70. The Kier molecular flexibility index (Phi) is 4.70. The van der Waals surface area contributed by atoms with Gasteiger partial charge in [-0.3, -0.25) is 4.98 Å². The number of pyridine rings is 1. The molecule has 3 aromatic heterocycles. The Balaban J connectivity index is 1.62. The molecule has 0 amide bonds. The van der Waals surface area contributed by atoms with Crippen LogP contribution in [0.5, 0.6) is 0 Å². The summed E-state index contributed by atoms with van der Waals surface area (Å²) >= 11 is 1.67. The predicted molar refractivity (Wildman–Crippen MR) is 112 cm³/mol. The lowest BCUT2D eigenvalue weighted by atomic mass is 10.2. The number of ether oxygens (including phenoxy) is 1. The Labute approximate surface area is 166 Å². The third-order valence-electron chi connectivity index (χ3n) is 4.62. The summed E-state index contributed by atoms with van der Waals surface area (Å²) in [5, 5.41) is 3.17. The number of nitrogens with zero attached hydrogens (tertiary/aromatic N) is 4. The lowest BCUT2D eigenvalue weighted by molar-refractivity contribution is 0.0495. The van der Waals surface area contributed by atoms with Crippen molar-refractivity contribution >= 4 is 27.4 Å². The van der Waals surface area contributed by atoms with Crippen molar-refractivity contribution in [2.45, 2.75) is 0 Å². The van der Waals surface area contributed by atoms with E-state index in [1.807, 2.05) is 24.3 Å². The monoisotopic (exact) mass is 389 g/mol. The molecule has 1 aromatic carbocycles. The molecule has 0 saturated carbocycles. The van der Waals surface area contributed by atoms with Crippen LogP contribution in [0.3, 0.4) is 0 Å². The molecule has 140 valence electrons. The first-order valence-corrected chi connectivity index (χ1v) is 10.1. The van der Waals surface area contributed by atoms with Crippen LogP contribution in [-0.2, 0) is 4.74 Å². The molecule has 1 saturated heterocycles. The molecule has 1 aliphatic rings. The van der Waals surface area contributed by atoms with E-state index in [0.717, 1.165) is 34.8 Å². The fraction of sp³-hybridized carbons (Fsp3) is 0.190. The summed E-state index contributed by atoms with van der Waals surface area (Å²) in [5.41, 5.74) is 5.43. The van der Waals surface area contributed by atoms with Gasteiger partial charge in [0, 0.05) is 24.2 Å². The van der Waals surface area contributed by atoms with E-state index in [9.17, 15) is 0 Å². The van der Waals surface area contributed by atoms with Crippen molar-refractivity contribution in [3.8, 4) is 22.0 Å². The second kappa shape index (κ2) is 7.63. The van der Waals surface area contributed by atoms with Gasteiger partial charge in [0.05, 0.1) is 18.6 Å². The summed E-state index contributed by atoms with van der Waals surface area (Å²) in [7, 11) is 0. The summed E-state index contributed by atoms with van der Waals surface area (Å²) in [6, 6.07) is 18.3. The van der Waals surface area contributed by atoms with E-state index < -0.39 is 0 Å². The summed E-state index contributed by atoms with van der Waals surface area (Å²) in [6.45, 7) is 3.07. The Hall–Kier alpha value is -2.87. The topological polar surface area (TPSA) is 63.2 Å². The highest BCUT2D eigenvalue weighted by Gasteiger charge is 2.17. The number of anilines is 1. The Bertz CT molecular complexity index is 1080. The molecule has 5 rings (SSSR count). The quantitative estimate of drug-likeness (QED) is 0.567. The van der Waals surface area contributed by atoms with Gasteiger partial charge in [0.15, 0.2) is 11.6 Å². The average Bonchev–Trinajstić information content (AvgIpc) is 3.20. The van der Waals surface area contributed by atoms with Crippen LogP contribution in [-0.4, -0.2) is 46.3 Å². The number of hydrogen-bond donors (Lipinski definition) is 1. The summed E-state index contributed by atoms with van der Waals surface area (Å²) in [5.74, 6) is 1.44. The number of aromatic nitrogens is 3. The van der Waals surface area contributed by atoms with Crippen LogP contribution in [0.4, 0.5) is 5.82 Å². The molecule has 0 atom stereocenters. The number of hydrogen-bond acceptors (Lipinski definition) is 7. The molecule has 6 nitrogen and oxygen atoms in total. The molecule has 7 heteroatoms. The van der Waals surface area contributed by atoms with Crippen LogP contribution in [0.25, 0.3) is 32.2 Å². The van der Waals surface area contributed by atoms with Crippen molar-refractivity contribution in [1.29, 1.82) is 0 Å². The zero-order valence-corrected chi connectivity index (χ0v) is 16.0. The Morgan fingerprint density at radius 2 is 1.79 bits per heavy atom. The van der Waals surface area contributed by atoms with E-state index in [4.69, 9.17) is 14.7 Å². The highest BCUT2D eigenvalue weighted by atomic mass is 32.1. The van der Waals surface area contributed by atoms with Crippen LogP contribution in [0.2, 0.25) is 0 Å². The van der Waals surface area contributed by atoms with Gasteiger partial charge in [-0.1, -0.05) is 36.4 Å². The smallest absolute Gasteiger partial charge is 0.181 e. The molecule has 4 heterocycles. The van der Waals surface area contributed by atoms with Gasteiger partial charge in [-0.05, 0) is 23.8 Å². The van der Waals surface area contributed by atoms with Crippen molar-refractivity contribution in [3.05, 3.63) is 60.8 Å². The van der Waals surface area contributed by atoms with Gasteiger partial charge in [0.2, 0.25) is 0 Å². The van der Waals surface area contributed by atoms with E-state index in [1.165, 1.54) is 10.4 Å². The number of benzene rings is 1. The van der Waals surface area contributed by atoms with E-state index in [1.54, 1.807) is 17.5 Å². The van der Waals surface area contributed by atoms with E-state index in [0.29, 0.717) is 19.0 Å². The van der Waals surface area contributed by atoms with Gasteiger partial charge in [0.25, 0.3) is 0 Å². The minimum atomic E-state index is 0.630. The number of morpholine rings is 1. The highest BCUT2D eigenvalue weighted by Crippen LogP contribution is 2.36. The molecule has 1 fully saturated rings. The molecule has 0 unspecified atom stereocenters. The number of fused-ring (bicyclic) bond motifs is 1. The van der Waals surface area contributed by atoms with Gasteiger partial charge in [-0.15, -0.1) is 11.3 Å². The van der Waals surface area contributed by atoms with Gasteiger partial charge in [0.1, 0.15) is 10.5 Å². The van der Waals surface area contributed by atoms with E-state index >= 15 is 0 Å². The first-order valence-electron chi connectivity index (χ1n) is 9.24.